The van der Waals surface area contributed by atoms with Gasteiger partial charge in [-0.2, -0.15) is 5.10 Å². The van der Waals surface area contributed by atoms with Crippen molar-refractivity contribution >= 4 is 16.8 Å². The maximum Gasteiger partial charge on any atom is 0.230 e. The summed E-state index contributed by atoms with van der Waals surface area (Å²) in [7, 11) is 0. The average Bonchev–Trinajstić information content (AvgIpc) is 3.15. The summed E-state index contributed by atoms with van der Waals surface area (Å²) in [5.74, 6) is 0.519. The van der Waals surface area contributed by atoms with Crippen molar-refractivity contribution in [1.29, 1.82) is 0 Å². The number of para-hydroxylation sites is 2. The molecular weight excluding hydrogens is 264 g/mol. The van der Waals surface area contributed by atoms with Gasteiger partial charge in [0.1, 0.15) is 5.52 Å². The second kappa shape index (κ2) is 4.49. The van der Waals surface area contributed by atoms with E-state index in [2.05, 4.69) is 10.1 Å². The third-order valence-electron chi connectivity index (χ3n) is 3.30. The van der Waals surface area contributed by atoms with Gasteiger partial charge in [-0.1, -0.05) is 24.3 Å². The quantitative estimate of drug-likeness (QED) is 0.570. The smallest absolute Gasteiger partial charge is 0.230 e. The molecule has 0 aliphatic carbocycles. The van der Waals surface area contributed by atoms with Crippen molar-refractivity contribution in [2.24, 2.45) is 0 Å². The highest BCUT2D eigenvalue weighted by atomic mass is 16.3. The summed E-state index contributed by atoms with van der Waals surface area (Å²) in [4.78, 5) is 4.44. The lowest BCUT2D eigenvalue weighted by molar-refractivity contribution is 0.620. The summed E-state index contributed by atoms with van der Waals surface area (Å²) >= 11 is 0. The summed E-state index contributed by atoms with van der Waals surface area (Å²) in [6.45, 7) is 0. The van der Waals surface area contributed by atoms with Crippen molar-refractivity contribution in [3.8, 4) is 17.1 Å². The Morgan fingerprint density at radius 2 is 1.86 bits per heavy atom. The molecule has 4 rings (SSSR count). The van der Waals surface area contributed by atoms with Crippen LogP contribution in [0.25, 0.3) is 28.2 Å². The van der Waals surface area contributed by atoms with Gasteiger partial charge in [-0.25, -0.2) is 9.67 Å². The fourth-order valence-corrected chi connectivity index (χ4v) is 2.25. The molecular formula is C16H12N4O. The van der Waals surface area contributed by atoms with Crippen LogP contribution in [0.4, 0.5) is 5.69 Å². The first-order chi connectivity index (χ1) is 10.3. The normalized spacial score (nSPS) is 11.0. The molecule has 0 aliphatic rings. The van der Waals surface area contributed by atoms with Gasteiger partial charge in [0, 0.05) is 6.20 Å². The van der Waals surface area contributed by atoms with E-state index in [0.717, 1.165) is 11.3 Å². The van der Waals surface area contributed by atoms with E-state index in [9.17, 15) is 0 Å². The summed E-state index contributed by atoms with van der Waals surface area (Å²) < 4.78 is 7.52. The summed E-state index contributed by atoms with van der Waals surface area (Å²) in [5.41, 5.74) is 9.67. The van der Waals surface area contributed by atoms with Gasteiger partial charge in [-0.3, -0.25) is 0 Å². The number of rotatable bonds is 2. The molecule has 2 N–H and O–H groups in total. The second-order valence-corrected chi connectivity index (χ2v) is 4.72. The van der Waals surface area contributed by atoms with Crippen LogP contribution in [-0.2, 0) is 0 Å². The maximum atomic E-state index is 5.90. The number of anilines is 1. The minimum atomic E-state index is 0.519. The van der Waals surface area contributed by atoms with Crippen LogP contribution in [0.1, 0.15) is 0 Å². The van der Waals surface area contributed by atoms with E-state index in [4.69, 9.17) is 10.2 Å². The zero-order valence-corrected chi connectivity index (χ0v) is 11.1. The molecule has 2 heterocycles. The Balaban J connectivity index is 1.79. The van der Waals surface area contributed by atoms with Crippen molar-refractivity contribution in [1.82, 2.24) is 14.8 Å². The summed E-state index contributed by atoms with van der Waals surface area (Å²) in [6, 6.07) is 15.4. The van der Waals surface area contributed by atoms with E-state index in [1.165, 1.54) is 0 Å². The van der Waals surface area contributed by atoms with Gasteiger partial charge < -0.3 is 10.2 Å². The standard InChI is InChI=1S/C16H12N4O/c17-13-7-4-8-14-15(13)19-16(21-14)11-9-18-20(10-11)12-5-2-1-3-6-12/h1-10H,17H2. The van der Waals surface area contributed by atoms with Crippen LogP contribution in [0.3, 0.4) is 0 Å². The molecule has 0 saturated heterocycles. The third kappa shape index (κ3) is 1.95. The molecule has 102 valence electrons. The average molecular weight is 276 g/mol. The monoisotopic (exact) mass is 276 g/mol. The first-order valence-corrected chi connectivity index (χ1v) is 6.57. The van der Waals surface area contributed by atoms with E-state index in [1.807, 2.05) is 54.7 Å². The maximum absolute atomic E-state index is 5.90. The lowest BCUT2D eigenvalue weighted by atomic mass is 10.3. The highest BCUT2D eigenvalue weighted by Gasteiger charge is 2.12. The van der Waals surface area contributed by atoms with Crippen molar-refractivity contribution < 1.29 is 4.42 Å². The minimum Gasteiger partial charge on any atom is -0.436 e. The number of nitrogens with zero attached hydrogens (tertiary/aromatic N) is 3. The molecule has 0 amide bonds. The van der Waals surface area contributed by atoms with Gasteiger partial charge in [0.15, 0.2) is 5.58 Å². The van der Waals surface area contributed by atoms with E-state index < -0.39 is 0 Å². The van der Waals surface area contributed by atoms with Crippen molar-refractivity contribution in [2.75, 3.05) is 5.73 Å². The molecule has 2 aromatic carbocycles. The highest BCUT2D eigenvalue weighted by Crippen LogP contribution is 2.27. The molecule has 0 spiro atoms. The van der Waals surface area contributed by atoms with Crippen molar-refractivity contribution in [3.05, 3.63) is 60.9 Å². The van der Waals surface area contributed by atoms with E-state index in [0.29, 0.717) is 22.7 Å². The molecule has 0 saturated carbocycles. The van der Waals surface area contributed by atoms with Gasteiger partial charge in [-0.15, -0.1) is 0 Å². The molecule has 0 bridgehead atoms. The van der Waals surface area contributed by atoms with Gasteiger partial charge >= 0.3 is 0 Å². The summed E-state index contributed by atoms with van der Waals surface area (Å²) in [5, 5.41) is 4.34. The lowest BCUT2D eigenvalue weighted by Crippen LogP contribution is -1.92. The Labute approximate surface area is 120 Å². The lowest BCUT2D eigenvalue weighted by Gasteiger charge is -1.98. The third-order valence-corrected chi connectivity index (χ3v) is 3.30. The number of hydrogen-bond donors (Lipinski definition) is 1. The molecule has 2 aromatic heterocycles. The second-order valence-electron chi connectivity index (χ2n) is 4.72. The van der Waals surface area contributed by atoms with Gasteiger partial charge in [0.25, 0.3) is 0 Å². The molecule has 21 heavy (non-hydrogen) atoms. The summed E-state index contributed by atoms with van der Waals surface area (Å²) in [6.07, 6.45) is 3.62. The molecule has 5 nitrogen and oxygen atoms in total. The van der Waals surface area contributed by atoms with Crippen LogP contribution in [-0.4, -0.2) is 14.8 Å². The van der Waals surface area contributed by atoms with Crippen LogP contribution < -0.4 is 5.73 Å². The van der Waals surface area contributed by atoms with Crippen LogP contribution in [0.15, 0.2) is 65.3 Å². The largest absolute Gasteiger partial charge is 0.436 e. The number of hydrogen-bond acceptors (Lipinski definition) is 4. The molecule has 0 atom stereocenters. The van der Waals surface area contributed by atoms with Crippen LogP contribution in [0, 0.1) is 0 Å². The Morgan fingerprint density at radius 3 is 2.67 bits per heavy atom. The Kier molecular flexibility index (Phi) is 2.50. The minimum absolute atomic E-state index is 0.519. The molecule has 0 aliphatic heterocycles. The number of nitrogen functional groups attached to an aromatic ring is 1. The molecule has 0 unspecified atom stereocenters. The topological polar surface area (TPSA) is 69.9 Å². The van der Waals surface area contributed by atoms with E-state index >= 15 is 0 Å². The predicted octanol–water partition coefficient (Wildman–Crippen LogP) is 3.26. The van der Waals surface area contributed by atoms with E-state index in [1.54, 1.807) is 10.9 Å². The highest BCUT2D eigenvalue weighted by molar-refractivity contribution is 5.87. The number of fused-ring (bicyclic) bond motifs is 1. The predicted molar refractivity (Wildman–Crippen MR) is 81.0 cm³/mol. The number of benzene rings is 2. The molecule has 5 heteroatoms. The van der Waals surface area contributed by atoms with Crippen molar-refractivity contribution in [2.45, 2.75) is 0 Å². The SMILES string of the molecule is Nc1cccc2oc(-c3cnn(-c4ccccc4)c3)nc12. The van der Waals surface area contributed by atoms with Gasteiger partial charge in [0.2, 0.25) is 5.89 Å². The van der Waals surface area contributed by atoms with Crippen molar-refractivity contribution in [3.63, 3.8) is 0 Å². The van der Waals surface area contributed by atoms with Gasteiger partial charge in [-0.05, 0) is 24.3 Å². The zero-order chi connectivity index (χ0) is 14.2. The fraction of sp³-hybridized carbons (Fsp3) is 0. The number of aromatic nitrogens is 3. The first kappa shape index (κ1) is 11.7. The number of oxazole rings is 1. The van der Waals surface area contributed by atoms with Crippen LogP contribution in [0.5, 0.6) is 0 Å². The van der Waals surface area contributed by atoms with E-state index in [-0.39, 0.29) is 0 Å². The Hall–Kier alpha value is -3.08. The zero-order valence-electron chi connectivity index (χ0n) is 11.1. The molecule has 4 aromatic rings. The number of nitrogens with two attached hydrogens (primary N) is 1. The fourth-order valence-electron chi connectivity index (χ4n) is 2.25. The molecule has 0 radical (unpaired) electrons. The van der Waals surface area contributed by atoms with Gasteiger partial charge in [0.05, 0.1) is 23.1 Å². The van der Waals surface area contributed by atoms with Crippen LogP contribution >= 0.6 is 0 Å². The Bertz CT molecular complexity index is 908. The van der Waals surface area contributed by atoms with Crippen LogP contribution in [0.2, 0.25) is 0 Å². The first-order valence-electron chi connectivity index (χ1n) is 6.57. The Morgan fingerprint density at radius 1 is 1.00 bits per heavy atom. The molecule has 0 fully saturated rings.